The molecule has 0 unspecified atom stereocenters. The van der Waals surface area contributed by atoms with Crippen molar-refractivity contribution in [1.82, 2.24) is 14.3 Å². The van der Waals surface area contributed by atoms with Crippen molar-refractivity contribution in [3.8, 4) is 0 Å². The molecule has 6 heteroatoms. The molecule has 0 atom stereocenters. The molecule has 0 fully saturated rings. The van der Waals surface area contributed by atoms with Gasteiger partial charge in [0, 0.05) is 26.8 Å². The predicted octanol–water partition coefficient (Wildman–Crippen LogP) is 3.74. The Balaban J connectivity index is 1.88. The molecule has 138 valence electrons. The Morgan fingerprint density at radius 3 is 2.77 bits per heavy atom. The van der Waals surface area contributed by atoms with E-state index in [1.165, 1.54) is 0 Å². The molecule has 0 aliphatic heterocycles. The van der Waals surface area contributed by atoms with Crippen LogP contribution in [-0.2, 0) is 6.54 Å². The number of furan rings is 1. The number of imidazole rings is 1. The minimum atomic E-state index is -0.0446. The van der Waals surface area contributed by atoms with Crippen LogP contribution in [0.5, 0.6) is 0 Å². The molecular weight excluding hydrogens is 328 g/mol. The van der Waals surface area contributed by atoms with Crippen LogP contribution in [0.1, 0.15) is 41.6 Å². The first kappa shape index (κ1) is 18.0. The van der Waals surface area contributed by atoms with Crippen molar-refractivity contribution in [3.63, 3.8) is 0 Å². The predicted molar refractivity (Wildman–Crippen MR) is 103 cm³/mol. The van der Waals surface area contributed by atoms with Crippen molar-refractivity contribution in [2.24, 2.45) is 0 Å². The maximum Gasteiger partial charge on any atom is 0.255 e. The monoisotopic (exact) mass is 354 g/mol. The number of aromatic nitrogens is 2. The summed E-state index contributed by atoms with van der Waals surface area (Å²) in [6.07, 6.45) is 5.76. The highest BCUT2D eigenvalue weighted by Gasteiger charge is 2.17. The molecule has 1 amide bonds. The zero-order chi connectivity index (χ0) is 18.7. The number of fused-ring (bicyclic) bond motifs is 1. The van der Waals surface area contributed by atoms with E-state index in [1.807, 2.05) is 41.8 Å². The van der Waals surface area contributed by atoms with Gasteiger partial charge in [-0.05, 0) is 37.6 Å². The van der Waals surface area contributed by atoms with Crippen LogP contribution in [0.3, 0.4) is 0 Å². The molecule has 0 aromatic carbocycles. The fourth-order valence-electron chi connectivity index (χ4n) is 3.17. The Morgan fingerprint density at radius 2 is 2.08 bits per heavy atom. The molecule has 3 aromatic heterocycles. The van der Waals surface area contributed by atoms with E-state index >= 15 is 0 Å². The lowest BCUT2D eigenvalue weighted by molar-refractivity contribution is 0.0775. The minimum absolute atomic E-state index is 0.0446. The van der Waals surface area contributed by atoms with Crippen LogP contribution >= 0.6 is 0 Å². The van der Waals surface area contributed by atoms with E-state index < -0.39 is 0 Å². The highest BCUT2D eigenvalue weighted by Crippen LogP contribution is 2.22. The summed E-state index contributed by atoms with van der Waals surface area (Å²) in [7, 11) is 3.85. The zero-order valence-electron chi connectivity index (χ0n) is 15.9. The topological polar surface area (TPSA) is 54.0 Å². The first-order chi connectivity index (χ1) is 12.5. The number of nitrogens with zero attached hydrogens (tertiary/aromatic N) is 4. The number of aryl methyl sites for hydroxylation is 1. The van der Waals surface area contributed by atoms with E-state index in [1.54, 1.807) is 18.2 Å². The van der Waals surface area contributed by atoms with Crippen LogP contribution < -0.4 is 4.90 Å². The molecule has 0 saturated heterocycles. The summed E-state index contributed by atoms with van der Waals surface area (Å²) in [5.74, 6) is 1.76. The third kappa shape index (κ3) is 3.59. The van der Waals surface area contributed by atoms with Crippen molar-refractivity contribution < 1.29 is 9.21 Å². The number of hydrogen-bond acceptors (Lipinski definition) is 4. The third-order valence-corrected chi connectivity index (χ3v) is 4.54. The molecule has 3 rings (SSSR count). The van der Waals surface area contributed by atoms with E-state index in [0.717, 1.165) is 42.3 Å². The summed E-state index contributed by atoms with van der Waals surface area (Å²) in [5.41, 5.74) is 2.46. The molecule has 0 saturated carbocycles. The van der Waals surface area contributed by atoms with E-state index in [4.69, 9.17) is 4.42 Å². The maximum absolute atomic E-state index is 12.8. The van der Waals surface area contributed by atoms with Gasteiger partial charge in [-0.2, -0.15) is 0 Å². The molecule has 0 radical (unpaired) electrons. The van der Waals surface area contributed by atoms with Crippen molar-refractivity contribution in [2.75, 3.05) is 25.5 Å². The summed E-state index contributed by atoms with van der Waals surface area (Å²) < 4.78 is 7.35. The molecule has 0 aliphatic rings. The smallest absolute Gasteiger partial charge is 0.255 e. The average Bonchev–Trinajstić information content (AvgIpc) is 3.24. The lowest BCUT2D eigenvalue weighted by Gasteiger charge is -2.20. The van der Waals surface area contributed by atoms with Gasteiger partial charge >= 0.3 is 0 Å². The Morgan fingerprint density at radius 1 is 1.27 bits per heavy atom. The summed E-state index contributed by atoms with van der Waals surface area (Å²) in [5, 5.41) is 0. The minimum Gasteiger partial charge on any atom is -0.467 e. The van der Waals surface area contributed by atoms with Gasteiger partial charge in [-0.1, -0.05) is 13.3 Å². The number of carbonyl (C=O) groups is 1. The average molecular weight is 354 g/mol. The largest absolute Gasteiger partial charge is 0.467 e. The fraction of sp³-hybridized carbons (Fsp3) is 0.400. The SMILES string of the molecule is CCCCN(C)c1c(C)nc2ccc(C(=O)N(C)Cc3ccco3)cn12. The van der Waals surface area contributed by atoms with Gasteiger partial charge in [0.15, 0.2) is 0 Å². The molecular formula is C20H26N4O2. The Hall–Kier alpha value is -2.76. The van der Waals surface area contributed by atoms with E-state index in [9.17, 15) is 4.79 Å². The second kappa shape index (κ2) is 7.64. The van der Waals surface area contributed by atoms with Gasteiger partial charge in [-0.25, -0.2) is 4.98 Å². The number of anilines is 1. The number of carbonyl (C=O) groups excluding carboxylic acids is 1. The second-order valence-corrected chi connectivity index (χ2v) is 6.68. The number of hydrogen-bond donors (Lipinski definition) is 0. The first-order valence-corrected chi connectivity index (χ1v) is 8.99. The van der Waals surface area contributed by atoms with E-state index in [2.05, 4.69) is 23.9 Å². The Labute approximate surface area is 154 Å². The lowest BCUT2D eigenvalue weighted by Crippen LogP contribution is -2.26. The molecule has 0 N–H and O–H groups in total. The first-order valence-electron chi connectivity index (χ1n) is 8.99. The molecule has 26 heavy (non-hydrogen) atoms. The van der Waals surface area contributed by atoms with Gasteiger partial charge < -0.3 is 14.2 Å². The van der Waals surface area contributed by atoms with Crippen molar-refractivity contribution in [1.29, 1.82) is 0 Å². The van der Waals surface area contributed by atoms with Crippen LogP contribution in [-0.4, -0.2) is 40.8 Å². The number of amides is 1. The van der Waals surface area contributed by atoms with Gasteiger partial charge in [0.2, 0.25) is 0 Å². The van der Waals surface area contributed by atoms with Gasteiger partial charge in [0.1, 0.15) is 17.2 Å². The van der Waals surface area contributed by atoms with Crippen LogP contribution in [0.4, 0.5) is 5.82 Å². The Kier molecular flexibility index (Phi) is 5.30. The van der Waals surface area contributed by atoms with Crippen molar-refractivity contribution in [3.05, 3.63) is 53.7 Å². The third-order valence-electron chi connectivity index (χ3n) is 4.54. The lowest BCUT2D eigenvalue weighted by atomic mass is 10.2. The summed E-state index contributed by atoms with van der Waals surface area (Å²) in [6, 6.07) is 7.43. The fourth-order valence-corrected chi connectivity index (χ4v) is 3.17. The summed E-state index contributed by atoms with van der Waals surface area (Å²) in [6.45, 7) is 5.59. The van der Waals surface area contributed by atoms with Gasteiger partial charge in [0.05, 0.1) is 24.1 Å². The summed E-state index contributed by atoms with van der Waals surface area (Å²) in [4.78, 5) is 21.3. The molecule has 6 nitrogen and oxygen atoms in total. The zero-order valence-corrected chi connectivity index (χ0v) is 15.9. The number of rotatable bonds is 7. The van der Waals surface area contributed by atoms with Gasteiger partial charge in [0.25, 0.3) is 5.91 Å². The number of unbranched alkanes of at least 4 members (excludes halogenated alkanes) is 1. The quantitative estimate of drug-likeness (QED) is 0.648. The standard InChI is InChI=1S/C20H26N4O2/c1-5-6-11-22(3)19-15(2)21-18-10-9-16(13-24(18)19)20(25)23(4)14-17-8-7-12-26-17/h7-10,12-13H,5-6,11,14H2,1-4H3. The molecule has 0 spiro atoms. The molecule has 0 bridgehead atoms. The van der Waals surface area contributed by atoms with E-state index in [-0.39, 0.29) is 5.91 Å². The van der Waals surface area contributed by atoms with Crippen LogP contribution in [0, 0.1) is 6.92 Å². The number of pyridine rings is 1. The maximum atomic E-state index is 12.8. The van der Waals surface area contributed by atoms with Gasteiger partial charge in [-0.15, -0.1) is 0 Å². The molecule has 0 aliphatic carbocycles. The highest BCUT2D eigenvalue weighted by atomic mass is 16.3. The van der Waals surface area contributed by atoms with Crippen LogP contribution in [0.15, 0.2) is 41.1 Å². The van der Waals surface area contributed by atoms with E-state index in [0.29, 0.717) is 12.1 Å². The van der Waals surface area contributed by atoms with Crippen molar-refractivity contribution >= 4 is 17.4 Å². The second-order valence-electron chi connectivity index (χ2n) is 6.68. The van der Waals surface area contributed by atoms with Gasteiger partial charge in [-0.3, -0.25) is 9.20 Å². The molecule has 3 aromatic rings. The van der Waals surface area contributed by atoms with Crippen LogP contribution in [0.2, 0.25) is 0 Å². The van der Waals surface area contributed by atoms with Crippen molar-refractivity contribution in [2.45, 2.75) is 33.2 Å². The Bertz CT molecular complexity index is 883. The normalized spacial score (nSPS) is 11.1. The highest BCUT2D eigenvalue weighted by molar-refractivity contribution is 5.94. The summed E-state index contributed by atoms with van der Waals surface area (Å²) >= 11 is 0. The molecule has 3 heterocycles. The van der Waals surface area contributed by atoms with Crippen LogP contribution in [0.25, 0.3) is 5.65 Å².